The molecule has 0 heterocycles. The third kappa shape index (κ3) is 5.73. The first kappa shape index (κ1) is 25.9. The summed E-state index contributed by atoms with van der Waals surface area (Å²) < 4.78 is 0. The van der Waals surface area contributed by atoms with Gasteiger partial charge in [-0.05, 0) is 5.04 Å². The zero-order chi connectivity index (χ0) is 22.5. The van der Waals surface area contributed by atoms with Crippen molar-refractivity contribution in [3.63, 3.8) is 0 Å². The Labute approximate surface area is 184 Å². The molecule has 0 amide bonds. The Morgan fingerprint density at radius 1 is 0.552 bits per heavy atom. The van der Waals surface area contributed by atoms with Crippen LogP contribution in [-0.4, -0.2) is 16.1 Å². The van der Waals surface area contributed by atoms with E-state index >= 15 is 0 Å². The van der Waals surface area contributed by atoms with Crippen LogP contribution in [0.3, 0.4) is 0 Å². The molecule has 0 radical (unpaired) electrons. The van der Waals surface area contributed by atoms with E-state index in [4.69, 9.17) is 0 Å². The molecular formula is C27H46Si2. The van der Waals surface area contributed by atoms with Crippen LogP contribution in [0.1, 0.15) is 62.3 Å². The Morgan fingerprint density at radius 3 is 1.00 bits per heavy atom. The number of benzene rings is 2. The number of rotatable bonds is 5. The SMILES string of the molecule is CC(C)(C)[Si](C)(c1ccccc1)c1ccccc1.CC(C)[Si](C)(C(C)C)C(C)C. The Balaban J connectivity index is 0.000000331. The van der Waals surface area contributed by atoms with Gasteiger partial charge < -0.3 is 0 Å². The van der Waals surface area contributed by atoms with E-state index in [1.807, 2.05) is 0 Å². The first-order valence-electron chi connectivity index (χ1n) is 11.4. The van der Waals surface area contributed by atoms with E-state index in [0.29, 0.717) is 5.04 Å². The van der Waals surface area contributed by atoms with Crippen molar-refractivity contribution in [1.82, 2.24) is 0 Å². The van der Waals surface area contributed by atoms with Gasteiger partial charge in [-0.2, -0.15) is 0 Å². The Kier molecular flexibility index (Phi) is 9.17. The molecule has 0 aromatic heterocycles. The minimum Gasteiger partial charge on any atom is -0.0686 e. The van der Waals surface area contributed by atoms with Crippen LogP contribution in [0.2, 0.25) is 34.8 Å². The minimum atomic E-state index is -1.70. The standard InChI is InChI=1S/C17H22Si.C10H24Si/c1-17(2,3)18(4,15-11-7-5-8-12-15)16-13-9-6-10-14-16;1-8(2)11(7,9(3)4)10(5)6/h5-14H,1-4H3;8-10H,1-7H3. The lowest BCUT2D eigenvalue weighted by Crippen LogP contribution is -2.61. The predicted octanol–water partition coefficient (Wildman–Crippen LogP) is 7.97. The van der Waals surface area contributed by atoms with E-state index in [1.54, 1.807) is 0 Å². The van der Waals surface area contributed by atoms with Crippen molar-refractivity contribution in [3.8, 4) is 0 Å². The molecule has 2 heteroatoms. The van der Waals surface area contributed by atoms with E-state index in [1.165, 1.54) is 10.4 Å². The van der Waals surface area contributed by atoms with Crippen LogP contribution < -0.4 is 10.4 Å². The van der Waals surface area contributed by atoms with Gasteiger partial charge in [0.1, 0.15) is 8.07 Å². The molecule has 29 heavy (non-hydrogen) atoms. The first-order chi connectivity index (χ1) is 13.3. The van der Waals surface area contributed by atoms with Gasteiger partial charge in [-0.3, -0.25) is 0 Å². The van der Waals surface area contributed by atoms with E-state index < -0.39 is 16.1 Å². The average Bonchev–Trinajstić information content (AvgIpc) is 2.67. The zero-order valence-electron chi connectivity index (χ0n) is 21.0. The number of hydrogen-bond donors (Lipinski definition) is 0. The highest BCUT2D eigenvalue weighted by atomic mass is 28.3. The summed E-state index contributed by atoms with van der Waals surface area (Å²) >= 11 is 0. The Bertz CT molecular complexity index is 648. The summed E-state index contributed by atoms with van der Waals surface area (Å²) in [5, 5.41) is 3.34. The highest BCUT2D eigenvalue weighted by Gasteiger charge is 2.42. The molecule has 0 nitrogen and oxygen atoms in total. The van der Waals surface area contributed by atoms with Crippen molar-refractivity contribution in [2.24, 2.45) is 0 Å². The Morgan fingerprint density at radius 2 is 0.828 bits per heavy atom. The van der Waals surface area contributed by atoms with Crippen LogP contribution >= 0.6 is 0 Å². The third-order valence-electron chi connectivity index (χ3n) is 7.93. The van der Waals surface area contributed by atoms with Crippen molar-refractivity contribution in [1.29, 1.82) is 0 Å². The molecule has 0 unspecified atom stereocenters. The largest absolute Gasteiger partial charge is 0.120 e. The van der Waals surface area contributed by atoms with Crippen LogP contribution in [0.4, 0.5) is 0 Å². The van der Waals surface area contributed by atoms with E-state index in [0.717, 1.165) is 16.6 Å². The maximum Gasteiger partial charge on any atom is 0.120 e. The van der Waals surface area contributed by atoms with Crippen LogP contribution in [0.25, 0.3) is 0 Å². The van der Waals surface area contributed by atoms with Crippen LogP contribution in [0, 0.1) is 0 Å². The van der Waals surface area contributed by atoms with Crippen molar-refractivity contribution >= 4 is 26.5 Å². The van der Waals surface area contributed by atoms with Crippen molar-refractivity contribution in [2.45, 2.75) is 97.1 Å². The predicted molar refractivity (Wildman–Crippen MR) is 140 cm³/mol. The third-order valence-corrected chi connectivity index (χ3v) is 21.4. The van der Waals surface area contributed by atoms with Gasteiger partial charge in [0.2, 0.25) is 0 Å². The molecule has 0 aliphatic carbocycles. The average molecular weight is 427 g/mol. The lowest BCUT2D eigenvalue weighted by Gasteiger charge is -2.41. The molecule has 2 rings (SSSR count). The molecule has 0 fully saturated rings. The van der Waals surface area contributed by atoms with Gasteiger partial charge in [0.25, 0.3) is 0 Å². The summed E-state index contributed by atoms with van der Waals surface area (Å²) in [6.45, 7) is 26.5. The molecule has 2 aromatic carbocycles. The first-order valence-corrected chi connectivity index (χ1v) is 16.6. The maximum atomic E-state index is 2.55. The normalized spacial score (nSPS) is 12.9. The highest BCUT2D eigenvalue weighted by molar-refractivity contribution is 7.03. The molecule has 0 N–H and O–H groups in total. The second-order valence-corrected chi connectivity index (χ2v) is 22.0. The lowest BCUT2D eigenvalue weighted by molar-refractivity contribution is 0.734. The fourth-order valence-corrected chi connectivity index (χ4v) is 12.4. The molecule has 2 aromatic rings. The second-order valence-electron chi connectivity index (χ2n) is 10.9. The summed E-state index contributed by atoms with van der Waals surface area (Å²) in [4.78, 5) is 0. The molecule has 0 saturated carbocycles. The molecule has 0 bridgehead atoms. The summed E-state index contributed by atoms with van der Waals surface area (Å²) in [6, 6.07) is 22.0. The van der Waals surface area contributed by atoms with Crippen molar-refractivity contribution < 1.29 is 0 Å². The summed E-state index contributed by atoms with van der Waals surface area (Å²) in [5.74, 6) is 0. The zero-order valence-corrected chi connectivity index (χ0v) is 23.0. The van der Waals surface area contributed by atoms with Crippen LogP contribution in [-0.2, 0) is 0 Å². The number of hydrogen-bond acceptors (Lipinski definition) is 0. The lowest BCUT2D eigenvalue weighted by atomic mass is 10.2. The van der Waals surface area contributed by atoms with Gasteiger partial charge in [0.15, 0.2) is 0 Å². The van der Waals surface area contributed by atoms with Crippen molar-refractivity contribution in [2.75, 3.05) is 0 Å². The van der Waals surface area contributed by atoms with Crippen LogP contribution in [0.15, 0.2) is 60.7 Å². The summed E-state index contributed by atoms with van der Waals surface area (Å²) in [6.07, 6.45) is 0. The Hall–Kier alpha value is -1.13. The molecule has 0 aliphatic heterocycles. The summed E-state index contributed by atoms with van der Waals surface area (Å²) in [7, 11) is -2.68. The molecule has 0 aliphatic rings. The monoisotopic (exact) mass is 426 g/mol. The van der Waals surface area contributed by atoms with E-state index in [9.17, 15) is 0 Å². The molecular weight excluding hydrogens is 380 g/mol. The minimum absolute atomic E-state index is 0.301. The fourth-order valence-electron chi connectivity index (χ4n) is 4.58. The van der Waals surface area contributed by atoms with E-state index in [2.05, 4.69) is 136 Å². The molecule has 0 saturated heterocycles. The molecule has 0 atom stereocenters. The maximum absolute atomic E-state index is 2.55. The smallest absolute Gasteiger partial charge is 0.0686 e. The highest BCUT2D eigenvalue weighted by Crippen LogP contribution is 2.40. The quantitative estimate of drug-likeness (QED) is 0.425. The van der Waals surface area contributed by atoms with Gasteiger partial charge in [-0.1, -0.05) is 163 Å². The van der Waals surface area contributed by atoms with Gasteiger partial charge in [-0.15, -0.1) is 0 Å². The molecule has 162 valence electrons. The second kappa shape index (κ2) is 10.3. The van der Waals surface area contributed by atoms with Gasteiger partial charge in [0.05, 0.1) is 8.07 Å². The van der Waals surface area contributed by atoms with Crippen molar-refractivity contribution in [3.05, 3.63) is 60.7 Å². The van der Waals surface area contributed by atoms with Gasteiger partial charge >= 0.3 is 0 Å². The van der Waals surface area contributed by atoms with E-state index in [-0.39, 0.29) is 0 Å². The fraction of sp³-hybridized carbons (Fsp3) is 0.556. The molecule has 0 spiro atoms. The summed E-state index contributed by atoms with van der Waals surface area (Å²) in [5.41, 5.74) is 2.76. The topological polar surface area (TPSA) is 0 Å². The van der Waals surface area contributed by atoms with Gasteiger partial charge in [-0.25, -0.2) is 0 Å². The van der Waals surface area contributed by atoms with Crippen LogP contribution in [0.5, 0.6) is 0 Å². The van der Waals surface area contributed by atoms with Gasteiger partial charge in [0, 0.05) is 0 Å².